The lowest BCUT2D eigenvalue weighted by atomic mass is 10.1. The lowest BCUT2D eigenvalue weighted by molar-refractivity contribution is 0.0302. The van der Waals surface area contributed by atoms with Crippen LogP contribution < -0.4 is 5.32 Å². The number of carbonyl (C=O) groups is 2. The van der Waals surface area contributed by atoms with Crippen molar-refractivity contribution in [3.63, 3.8) is 0 Å². The summed E-state index contributed by atoms with van der Waals surface area (Å²) in [6.07, 6.45) is 3.23. The summed E-state index contributed by atoms with van der Waals surface area (Å²) in [7, 11) is 0. The Labute approximate surface area is 146 Å². The smallest absolute Gasteiger partial charge is 0.258 e. The van der Waals surface area contributed by atoms with Gasteiger partial charge in [0.25, 0.3) is 11.8 Å². The fourth-order valence-electron chi connectivity index (χ4n) is 2.72. The molecule has 1 aliphatic rings. The second-order valence-electron chi connectivity index (χ2n) is 5.97. The van der Waals surface area contributed by atoms with Crippen LogP contribution >= 0.6 is 0 Å². The van der Waals surface area contributed by atoms with Gasteiger partial charge in [0.15, 0.2) is 0 Å². The van der Waals surface area contributed by atoms with Crippen molar-refractivity contribution < 1.29 is 14.3 Å². The number of benzene rings is 1. The van der Waals surface area contributed by atoms with E-state index < -0.39 is 0 Å². The molecule has 1 aromatic carbocycles. The van der Waals surface area contributed by atoms with Gasteiger partial charge in [-0.2, -0.15) is 5.10 Å². The van der Waals surface area contributed by atoms with Crippen LogP contribution in [0.3, 0.4) is 0 Å². The second kappa shape index (κ2) is 7.48. The van der Waals surface area contributed by atoms with Crippen LogP contribution in [0.4, 0.5) is 5.69 Å². The Kier molecular flexibility index (Phi) is 5.14. The van der Waals surface area contributed by atoms with Crippen LogP contribution in [-0.2, 0) is 11.3 Å². The molecule has 0 bridgehead atoms. The van der Waals surface area contributed by atoms with Crippen molar-refractivity contribution in [2.75, 3.05) is 31.6 Å². The van der Waals surface area contributed by atoms with E-state index in [9.17, 15) is 9.59 Å². The summed E-state index contributed by atoms with van der Waals surface area (Å²) in [5.41, 5.74) is 2.57. The summed E-state index contributed by atoms with van der Waals surface area (Å²) in [4.78, 5) is 26.8. The number of amides is 2. The topological polar surface area (TPSA) is 76.5 Å². The first kappa shape index (κ1) is 17.2. The van der Waals surface area contributed by atoms with Gasteiger partial charge >= 0.3 is 0 Å². The number of carbonyl (C=O) groups excluding carboxylic acids is 2. The van der Waals surface area contributed by atoms with Crippen LogP contribution in [0.25, 0.3) is 0 Å². The highest BCUT2D eigenvalue weighted by Gasteiger charge is 2.20. The van der Waals surface area contributed by atoms with Crippen LogP contribution in [0.15, 0.2) is 30.6 Å². The van der Waals surface area contributed by atoms with Crippen molar-refractivity contribution in [2.24, 2.45) is 0 Å². The van der Waals surface area contributed by atoms with Crippen molar-refractivity contribution in [3.8, 4) is 0 Å². The van der Waals surface area contributed by atoms with Gasteiger partial charge in [0.2, 0.25) is 0 Å². The van der Waals surface area contributed by atoms with Gasteiger partial charge in [-0.15, -0.1) is 0 Å². The predicted molar refractivity (Wildman–Crippen MR) is 93.8 cm³/mol. The van der Waals surface area contributed by atoms with Gasteiger partial charge in [-0.05, 0) is 31.5 Å². The van der Waals surface area contributed by atoms with Gasteiger partial charge in [0.05, 0.1) is 25.0 Å². The highest BCUT2D eigenvalue weighted by Crippen LogP contribution is 2.19. The highest BCUT2D eigenvalue weighted by molar-refractivity contribution is 6.05. The van der Waals surface area contributed by atoms with E-state index in [1.807, 2.05) is 19.9 Å². The lowest BCUT2D eigenvalue weighted by Gasteiger charge is -2.27. The lowest BCUT2D eigenvalue weighted by Crippen LogP contribution is -2.41. The van der Waals surface area contributed by atoms with Gasteiger partial charge in [-0.25, -0.2) is 0 Å². The van der Waals surface area contributed by atoms with Crippen LogP contribution in [0.2, 0.25) is 0 Å². The van der Waals surface area contributed by atoms with Gasteiger partial charge < -0.3 is 15.0 Å². The maximum atomic E-state index is 12.7. The summed E-state index contributed by atoms with van der Waals surface area (Å²) >= 11 is 0. The molecule has 1 N–H and O–H groups in total. The van der Waals surface area contributed by atoms with Crippen LogP contribution in [0, 0.1) is 6.92 Å². The second-order valence-corrected chi connectivity index (χ2v) is 5.97. The van der Waals surface area contributed by atoms with Gasteiger partial charge in [0, 0.05) is 37.1 Å². The highest BCUT2D eigenvalue weighted by atomic mass is 16.5. The Balaban J connectivity index is 1.76. The van der Waals surface area contributed by atoms with E-state index in [4.69, 9.17) is 4.74 Å². The number of nitrogens with one attached hydrogen (secondary N) is 1. The molecule has 0 atom stereocenters. The fourth-order valence-corrected chi connectivity index (χ4v) is 2.72. The van der Waals surface area contributed by atoms with Crippen molar-refractivity contribution in [2.45, 2.75) is 20.4 Å². The summed E-state index contributed by atoms with van der Waals surface area (Å²) in [6, 6.07) is 5.38. The van der Waals surface area contributed by atoms with E-state index in [2.05, 4.69) is 10.4 Å². The molecule has 1 aliphatic heterocycles. The maximum absolute atomic E-state index is 12.7. The molecule has 1 aromatic heterocycles. The Morgan fingerprint density at radius 3 is 2.72 bits per heavy atom. The van der Waals surface area contributed by atoms with Crippen molar-refractivity contribution in [1.29, 1.82) is 0 Å². The number of hydrogen-bond donors (Lipinski definition) is 1. The van der Waals surface area contributed by atoms with E-state index in [0.29, 0.717) is 49.7 Å². The van der Waals surface area contributed by atoms with Crippen molar-refractivity contribution >= 4 is 17.5 Å². The number of hydrogen-bond acceptors (Lipinski definition) is 4. The minimum atomic E-state index is -0.242. The van der Waals surface area contributed by atoms with E-state index in [0.717, 1.165) is 5.56 Å². The standard InChI is InChI=1S/C18H22N4O3/c1-3-22-12-14(11-19-22)17(23)20-15-5-4-13(2)16(10-15)18(24)21-6-8-25-9-7-21/h4-5,10-12H,3,6-9H2,1-2H3,(H,20,23). The molecule has 0 unspecified atom stereocenters. The molecule has 7 nitrogen and oxygen atoms in total. The Morgan fingerprint density at radius 2 is 2.04 bits per heavy atom. The average Bonchev–Trinajstić information content (AvgIpc) is 3.13. The molecule has 0 saturated carbocycles. The molecule has 0 radical (unpaired) electrons. The Hall–Kier alpha value is -2.67. The molecule has 132 valence electrons. The Bertz CT molecular complexity index is 778. The first-order valence-corrected chi connectivity index (χ1v) is 8.40. The third-order valence-corrected chi connectivity index (χ3v) is 4.24. The summed E-state index contributed by atoms with van der Waals surface area (Å²) in [6.45, 7) is 6.85. The summed E-state index contributed by atoms with van der Waals surface area (Å²) < 4.78 is 6.99. The average molecular weight is 342 g/mol. The van der Waals surface area contributed by atoms with E-state index in [1.54, 1.807) is 27.9 Å². The predicted octanol–water partition coefficient (Wildman–Crippen LogP) is 1.94. The normalized spacial score (nSPS) is 14.4. The van der Waals surface area contributed by atoms with Crippen LogP contribution in [0.1, 0.15) is 33.2 Å². The molecule has 2 heterocycles. The fraction of sp³-hybridized carbons (Fsp3) is 0.389. The number of aromatic nitrogens is 2. The van der Waals surface area contributed by atoms with E-state index in [-0.39, 0.29) is 11.8 Å². The van der Waals surface area contributed by atoms with Crippen LogP contribution in [0.5, 0.6) is 0 Å². The van der Waals surface area contributed by atoms with Crippen LogP contribution in [-0.4, -0.2) is 52.8 Å². The molecule has 3 rings (SSSR count). The Morgan fingerprint density at radius 1 is 1.28 bits per heavy atom. The van der Waals surface area contributed by atoms with E-state index >= 15 is 0 Å². The summed E-state index contributed by atoms with van der Waals surface area (Å²) in [5.74, 6) is -0.274. The number of nitrogens with zero attached hydrogens (tertiary/aromatic N) is 3. The van der Waals surface area contributed by atoms with Crippen molar-refractivity contribution in [3.05, 3.63) is 47.3 Å². The SMILES string of the molecule is CCn1cc(C(=O)Nc2ccc(C)c(C(=O)N3CCOCC3)c2)cn1. The molecule has 0 aliphatic carbocycles. The van der Waals surface area contributed by atoms with Gasteiger partial charge in [-0.3, -0.25) is 14.3 Å². The third kappa shape index (κ3) is 3.88. The molecular formula is C18H22N4O3. The minimum absolute atomic E-state index is 0.0318. The molecule has 0 spiro atoms. The number of anilines is 1. The number of rotatable bonds is 4. The van der Waals surface area contributed by atoms with Gasteiger partial charge in [-0.1, -0.05) is 6.07 Å². The molecule has 2 aromatic rings. The number of aryl methyl sites for hydroxylation is 2. The third-order valence-electron chi connectivity index (χ3n) is 4.24. The van der Waals surface area contributed by atoms with Crippen molar-refractivity contribution in [1.82, 2.24) is 14.7 Å². The molecule has 7 heteroatoms. The minimum Gasteiger partial charge on any atom is -0.378 e. The zero-order valence-electron chi connectivity index (χ0n) is 14.5. The summed E-state index contributed by atoms with van der Waals surface area (Å²) in [5, 5.41) is 6.94. The number of ether oxygens (including phenoxy) is 1. The molecular weight excluding hydrogens is 320 g/mol. The largest absolute Gasteiger partial charge is 0.378 e. The quantitative estimate of drug-likeness (QED) is 0.921. The first-order valence-electron chi connectivity index (χ1n) is 8.40. The number of morpholine rings is 1. The first-order chi connectivity index (χ1) is 12.1. The molecule has 1 fully saturated rings. The molecule has 1 saturated heterocycles. The molecule has 2 amide bonds. The zero-order valence-corrected chi connectivity index (χ0v) is 14.5. The maximum Gasteiger partial charge on any atom is 0.258 e. The molecule has 25 heavy (non-hydrogen) atoms. The van der Waals surface area contributed by atoms with E-state index in [1.165, 1.54) is 6.20 Å². The monoisotopic (exact) mass is 342 g/mol. The zero-order chi connectivity index (χ0) is 17.8. The van der Waals surface area contributed by atoms with Gasteiger partial charge in [0.1, 0.15) is 0 Å².